The molecule has 0 atom stereocenters. The molecule has 0 radical (unpaired) electrons. The number of carbonyl (C=O) groups excluding carboxylic acids is 1. The lowest BCUT2D eigenvalue weighted by atomic mass is 10.1. The molecule has 106 valence electrons. The highest BCUT2D eigenvalue weighted by Crippen LogP contribution is 2.20. The lowest BCUT2D eigenvalue weighted by Gasteiger charge is -2.08. The maximum absolute atomic E-state index is 13.8. The number of amides is 1. The topological polar surface area (TPSA) is 55.1 Å². The lowest BCUT2D eigenvalue weighted by molar-refractivity contribution is 0.102. The van der Waals surface area contributed by atoms with Gasteiger partial charge in [-0.3, -0.25) is 4.79 Å². The third-order valence-electron chi connectivity index (χ3n) is 2.70. The maximum atomic E-state index is 13.8. The number of hydrogen-bond acceptors (Lipinski definition) is 2. The average Bonchev–Trinajstić information content (AvgIpc) is 2.49. The molecule has 0 saturated heterocycles. The lowest BCUT2D eigenvalue weighted by Crippen LogP contribution is -2.14. The van der Waals surface area contributed by atoms with E-state index in [-0.39, 0.29) is 17.1 Å². The monoisotopic (exact) mass is 302 g/mol. The van der Waals surface area contributed by atoms with E-state index in [2.05, 4.69) is 17.2 Å². The van der Waals surface area contributed by atoms with E-state index >= 15 is 0 Å². The van der Waals surface area contributed by atoms with Crippen molar-refractivity contribution in [1.82, 2.24) is 0 Å². The molecule has 0 unspecified atom stereocenters. The van der Waals surface area contributed by atoms with Crippen molar-refractivity contribution in [3.8, 4) is 11.8 Å². The second kappa shape index (κ2) is 6.89. The molecule has 1 amide bonds. The van der Waals surface area contributed by atoms with Crippen LogP contribution in [-0.2, 0) is 0 Å². The molecule has 0 fully saturated rings. The van der Waals surface area contributed by atoms with Crippen LogP contribution in [0.4, 0.5) is 10.1 Å². The molecule has 0 aliphatic rings. The summed E-state index contributed by atoms with van der Waals surface area (Å²) in [4.78, 5) is 12.1. The molecular formula is C16H12ClFN2O. The van der Waals surface area contributed by atoms with Crippen molar-refractivity contribution in [2.75, 3.05) is 11.9 Å². The Morgan fingerprint density at radius 3 is 2.76 bits per heavy atom. The Bertz CT molecular complexity index is 735. The first-order valence-electron chi connectivity index (χ1n) is 6.17. The van der Waals surface area contributed by atoms with E-state index in [1.165, 1.54) is 18.2 Å². The van der Waals surface area contributed by atoms with Gasteiger partial charge in [-0.2, -0.15) is 0 Å². The Hall–Kier alpha value is -2.35. The van der Waals surface area contributed by atoms with Gasteiger partial charge in [-0.1, -0.05) is 41.6 Å². The quantitative estimate of drug-likeness (QED) is 0.838. The first-order valence-corrected chi connectivity index (χ1v) is 6.54. The van der Waals surface area contributed by atoms with Crippen molar-refractivity contribution in [2.45, 2.75) is 0 Å². The number of nitrogens with two attached hydrogens (primary N) is 1. The smallest absolute Gasteiger partial charge is 0.258 e. The van der Waals surface area contributed by atoms with E-state index in [4.69, 9.17) is 17.3 Å². The molecule has 0 spiro atoms. The van der Waals surface area contributed by atoms with Gasteiger partial charge in [0.25, 0.3) is 5.91 Å². The number of anilines is 1. The summed E-state index contributed by atoms with van der Waals surface area (Å²) in [7, 11) is 0. The van der Waals surface area contributed by atoms with E-state index in [1.54, 1.807) is 24.3 Å². The summed E-state index contributed by atoms with van der Waals surface area (Å²) in [5.41, 5.74) is 6.31. The minimum absolute atomic E-state index is 0.0983. The summed E-state index contributed by atoms with van der Waals surface area (Å²) < 4.78 is 13.8. The van der Waals surface area contributed by atoms with Crippen molar-refractivity contribution >= 4 is 23.2 Å². The van der Waals surface area contributed by atoms with Gasteiger partial charge in [0.15, 0.2) is 5.82 Å². The van der Waals surface area contributed by atoms with Gasteiger partial charge in [0, 0.05) is 5.56 Å². The summed E-state index contributed by atoms with van der Waals surface area (Å²) in [6.45, 7) is 0.213. The molecule has 3 nitrogen and oxygen atoms in total. The Morgan fingerprint density at radius 2 is 2.00 bits per heavy atom. The largest absolute Gasteiger partial charge is 0.321 e. The third-order valence-corrected chi connectivity index (χ3v) is 2.99. The van der Waals surface area contributed by atoms with Gasteiger partial charge in [0.2, 0.25) is 0 Å². The summed E-state index contributed by atoms with van der Waals surface area (Å²) in [5, 5.41) is 2.52. The number of carbonyl (C=O) groups is 1. The van der Waals surface area contributed by atoms with Gasteiger partial charge in [0.1, 0.15) is 0 Å². The van der Waals surface area contributed by atoms with Gasteiger partial charge in [-0.15, -0.1) is 0 Å². The fourth-order valence-corrected chi connectivity index (χ4v) is 1.89. The van der Waals surface area contributed by atoms with Gasteiger partial charge >= 0.3 is 0 Å². The van der Waals surface area contributed by atoms with Crippen LogP contribution in [0.1, 0.15) is 15.9 Å². The van der Waals surface area contributed by atoms with Crippen LogP contribution in [-0.4, -0.2) is 12.5 Å². The predicted octanol–water partition coefficient (Wildman–Crippen LogP) is 3.04. The number of hydrogen-bond donors (Lipinski definition) is 2. The zero-order chi connectivity index (χ0) is 15.2. The summed E-state index contributed by atoms with van der Waals surface area (Å²) in [6, 6.07) is 11.2. The normalized spacial score (nSPS) is 9.67. The standard InChI is InChI=1S/C16H12ClFN2O/c17-13-8-3-7-12(15(13)18)16(21)20-14-9-2-1-5-11(14)6-4-10-19/h1-3,5,7-9H,10,19H2,(H,20,21). The first-order chi connectivity index (χ1) is 10.1. The molecule has 0 aliphatic heterocycles. The molecule has 0 saturated carbocycles. The summed E-state index contributed by atoms with van der Waals surface area (Å²) >= 11 is 5.67. The second-order valence-corrected chi connectivity index (χ2v) is 4.51. The Kier molecular flexibility index (Phi) is 4.94. The molecule has 0 aliphatic carbocycles. The molecule has 2 aromatic rings. The zero-order valence-corrected chi connectivity index (χ0v) is 11.7. The molecule has 21 heavy (non-hydrogen) atoms. The van der Waals surface area contributed by atoms with E-state index in [0.29, 0.717) is 11.3 Å². The zero-order valence-electron chi connectivity index (χ0n) is 11.0. The van der Waals surface area contributed by atoms with Gasteiger partial charge in [0.05, 0.1) is 22.8 Å². The Balaban J connectivity index is 2.30. The fourth-order valence-electron chi connectivity index (χ4n) is 1.72. The molecule has 5 heteroatoms. The van der Waals surface area contributed by atoms with Crippen LogP contribution < -0.4 is 11.1 Å². The Morgan fingerprint density at radius 1 is 1.24 bits per heavy atom. The number of nitrogens with one attached hydrogen (secondary N) is 1. The molecule has 3 N–H and O–H groups in total. The molecule has 0 heterocycles. The Labute approximate surface area is 126 Å². The summed E-state index contributed by atoms with van der Waals surface area (Å²) in [6.07, 6.45) is 0. The highest BCUT2D eigenvalue weighted by atomic mass is 35.5. The van der Waals surface area contributed by atoms with Crippen molar-refractivity contribution in [1.29, 1.82) is 0 Å². The number of rotatable bonds is 2. The highest BCUT2D eigenvalue weighted by molar-refractivity contribution is 6.31. The average molecular weight is 303 g/mol. The fraction of sp³-hybridized carbons (Fsp3) is 0.0625. The van der Waals surface area contributed by atoms with Crippen molar-refractivity contribution in [2.24, 2.45) is 5.73 Å². The molecule has 2 aromatic carbocycles. The van der Waals surface area contributed by atoms with Crippen molar-refractivity contribution in [3.05, 3.63) is 64.4 Å². The minimum Gasteiger partial charge on any atom is -0.321 e. The maximum Gasteiger partial charge on any atom is 0.258 e. The van der Waals surface area contributed by atoms with Gasteiger partial charge in [-0.05, 0) is 24.3 Å². The molecular weight excluding hydrogens is 291 g/mol. The van der Waals surface area contributed by atoms with Crippen LogP contribution in [0, 0.1) is 17.7 Å². The second-order valence-electron chi connectivity index (χ2n) is 4.11. The van der Waals surface area contributed by atoms with Crippen LogP contribution in [0.5, 0.6) is 0 Å². The van der Waals surface area contributed by atoms with Gasteiger partial charge < -0.3 is 11.1 Å². The van der Waals surface area contributed by atoms with Crippen LogP contribution in [0.25, 0.3) is 0 Å². The molecule has 0 aromatic heterocycles. The molecule has 0 bridgehead atoms. The third kappa shape index (κ3) is 3.60. The first kappa shape index (κ1) is 15.0. The van der Waals surface area contributed by atoms with E-state index in [0.717, 1.165) is 0 Å². The number of para-hydroxylation sites is 1. The van der Waals surface area contributed by atoms with Crippen LogP contribution in [0.15, 0.2) is 42.5 Å². The predicted molar refractivity (Wildman–Crippen MR) is 81.7 cm³/mol. The highest BCUT2D eigenvalue weighted by Gasteiger charge is 2.15. The van der Waals surface area contributed by atoms with E-state index in [9.17, 15) is 9.18 Å². The van der Waals surface area contributed by atoms with Crippen LogP contribution in [0.3, 0.4) is 0 Å². The van der Waals surface area contributed by atoms with Crippen LogP contribution >= 0.6 is 11.6 Å². The van der Waals surface area contributed by atoms with E-state index < -0.39 is 11.7 Å². The number of halogens is 2. The van der Waals surface area contributed by atoms with Crippen LogP contribution in [0.2, 0.25) is 5.02 Å². The van der Waals surface area contributed by atoms with Crippen molar-refractivity contribution in [3.63, 3.8) is 0 Å². The van der Waals surface area contributed by atoms with Crippen molar-refractivity contribution < 1.29 is 9.18 Å². The SMILES string of the molecule is NCC#Cc1ccccc1NC(=O)c1cccc(Cl)c1F. The van der Waals surface area contributed by atoms with E-state index in [1.807, 2.05) is 0 Å². The summed E-state index contributed by atoms with van der Waals surface area (Å²) in [5.74, 6) is 4.22. The van der Waals surface area contributed by atoms with Gasteiger partial charge in [-0.25, -0.2) is 4.39 Å². The minimum atomic E-state index is -0.748. The number of benzene rings is 2. The molecule has 2 rings (SSSR count).